The van der Waals surface area contributed by atoms with E-state index in [1.807, 2.05) is 0 Å². The molecule has 0 spiro atoms. The molecule has 0 heterocycles. The Morgan fingerprint density at radius 2 is 1.65 bits per heavy atom. The minimum Gasteiger partial charge on any atom is -0.330 e. The van der Waals surface area contributed by atoms with Crippen LogP contribution in [0.15, 0.2) is 24.3 Å². The van der Waals surface area contributed by atoms with E-state index in [9.17, 15) is 0 Å². The van der Waals surface area contributed by atoms with Gasteiger partial charge in [0.2, 0.25) is 0 Å². The second-order valence-electron chi connectivity index (χ2n) is 4.87. The molecule has 96 valence electrons. The molecule has 0 aliphatic rings. The molecule has 2 heteroatoms. The normalized spacial score (nSPS) is 13.0. The summed E-state index contributed by atoms with van der Waals surface area (Å²) in [5, 5.41) is 0. The van der Waals surface area contributed by atoms with E-state index in [1.165, 1.54) is 30.4 Å². The SMILES string of the molecule is CCCCc1ccc(C(C)C(CN)CN)cc1. The van der Waals surface area contributed by atoms with Gasteiger partial charge >= 0.3 is 0 Å². The standard InChI is InChI=1S/C15H26N2/c1-3-4-5-13-6-8-14(9-7-13)12(2)15(10-16)11-17/h6-9,12,15H,3-5,10-11,16-17H2,1-2H3. The topological polar surface area (TPSA) is 52.0 Å². The molecule has 0 aromatic heterocycles. The zero-order valence-corrected chi connectivity index (χ0v) is 11.2. The van der Waals surface area contributed by atoms with Crippen molar-refractivity contribution in [3.8, 4) is 0 Å². The van der Waals surface area contributed by atoms with Gasteiger partial charge in [0, 0.05) is 0 Å². The zero-order valence-electron chi connectivity index (χ0n) is 11.2. The van der Waals surface area contributed by atoms with Crippen molar-refractivity contribution in [2.45, 2.75) is 39.0 Å². The van der Waals surface area contributed by atoms with Gasteiger partial charge in [-0.25, -0.2) is 0 Å². The van der Waals surface area contributed by atoms with Gasteiger partial charge in [-0.3, -0.25) is 0 Å². The molecule has 0 bridgehead atoms. The lowest BCUT2D eigenvalue weighted by atomic mass is 9.87. The van der Waals surface area contributed by atoms with Crippen LogP contribution in [0.5, 0.6) is 0 Å². The predicted octanol–water partition coefficient (Wildman–Crippen LogP) is 2.67. The lowest BCUT2D eigenvalue weighted by Crippen LogP contribution is -2.27. The Morgan fingerprint density at radius 1 is 1.06 bits per heavy atom. The van der Waals surface area contributed by atoms with Gasteiger partial charge in [-0.15, -0.1) is 0 Å². The van der Waals surface area contributed by atoms with Crippen LogP contribution in [0.3, 0.4) is 0 Å². The van der Waals surface area contributed by atoms with E-state index in [2.05, 4.69) is 38.1 Å². The highest BCUT2D eigenvalue weighted by Crippen LogP contribution is 2.23. The predicted molar refractivity (Wildman–Crippen MR) is 75.1 cm³/mol. The molecule has 0 aliphatic carbocycles. The minimum absolute atomic E-state index is 0.386. The summed E-state index contributed by atoms with van der Waals surface area (Å²) in [4.78, 5) is 0. The average molecular weight is 234 g/mol. The van der Waals surface area contributed by atoms with Crippen molar-refractivity contribution in [1.29, 1.82) is 0 Å². The number of rotatable bonds is 7. The second-order valence-corrected chi connectivity index (χ2v) is 4.87. The molecule has 17 heavy (non-hydrogen) atoms. The molecule has 0 saturated heterocycles. The van der Waals surface area contributed by atoms with Crippen LogP contribution in [-0.2, 0) is 6.42 Å². The van der Waals surface area contributed by atoms with Crippen molar-refractivity contribution >= 4 is 0 Å². The average Bonchev–Trinajstić information content (AvgIpc) is 2.38. The van der Waals surface area contributed by atoms with E-state index in [4.69, 9.17) is 11.5 Å². The summed E-state index contributed by atoms with van der Waals surface area (Å²) >= 11 is 0. The highest BCUT2D eigenvalue weighted by molar-refractivity contribution is 5.25. The van der Waals surface area contributed by atoms with Gasteiger partial charge in [0.1, 0.15) is 0 Å². The Hall–Kier alpha value is -0.860. The number of hydrogen-bond donors (Lipinski definition) is 2. The van der Waals surface area contributed by atoms with Crippen LogP contribution in [0.4, 0.5) is 0 Å². The lowest BCUT2D eigenvalue weighted by molar-refractivity contribution is 0.466. The molecule has 1 aromatic carbocycles. The third-order valence-electron chi connectivity index (χ3n) is 3.64. The van der Waals surface area contributed by atoms with Crippen LogP contribution in [0, 0.1) is 5.92 Å². The largest absolute Gasteiger partial charge is 0.330 e. The fraction of sp³-hybridized carbons (Fsp3) is 0.600. The molecule has 1 aromatic rings. The number of unbranched alkanes of at least 4 members (excludes halogenated alkanes) is 1. The quantitative estimate of drug-likeness (QED) is 0.762. The van der Waals surface area contributed by atoms with Gasteiger partial charge in [-0.2, -0.15) is 0 Å². The van der Waals surface area contributed by atoms with Crippen molar-refractivity contribution in [2.24, 2.45) is 17.4 Å². The van der Waals surface area contributed by atoms with E-state index in [0.717, 1.165) is 0 Å². The van der Waals surface area contributed by atoms with Gasteiger partial charge in [0.05, 0.1) is 0 Å². The molecule has 0 aliphatic heterocycles. The maximum absolute atomic E-state index is 5.74. The molecule has 1 atom stereocenters. The first kappa shape index (κ1) is 14.2. The molecular weight excluding hydrogens is 208 g/mol. The van der Waals surface area contributed by atoms with Crippen LogP contribution in [-0.4, -0.2) is 13.1 Å². The number of nitrogens with two attached hydrogens (primary N) is 2. The zero-order chi connectivity index (χ0) is 12.7. The fourth-order valence-corrected chi connectivity index (χ4v) is 2.15. The summed E-state index contributed by atoms with van der Waals surface area (Å²) in [5.74, 6) is 0.835. The second kappa shape index (κ2) is 7.46. The Morgan fingerprint density at radius 3 is 2.12 bits per heavy atom. The van der Waals surface area contributed by atoms with Crippen LogP contribution in [0.1, 0.15) is 43.7 Å². The Kier molecular flexibility index (Phi) is 6.23. The number of hydrogen-bond acceptors (Lipinski definition) is 2. The molecule has 0 saturated carbocycles. The Bertz CT molecular complexity index is 301. The molecule has 0 amide bonds. The number of benzene rings is 1. The first-order valence-electron chi connectivity index (χ1n) is 6.71. The van der Waals surface area contributed by atoms with Crippen LogP contribution in [0.2, 0.25) is 0 Å². The third kappa shape index (κ3) is 4.14. The highest BCUT2D eigenvalue weighted by Gasteiger charge is 2.15. The van der Waals surface area contributed by atoms with Crippen molar-refractivity contribution < 1.29 is 0 Å². The van der Waals surface area contributed by atoms with E-state index in [-0.39, 0.29) is 0 Å². The molecule has 4 N–H and O–H groups in total. The van der Waals surface area contributed by atoms with E-state index >= 15 is 0 Å². The summed E-state index contributed by atoms with van der Waals surface area (Å²) in [6.07, 6.45) is 3.70. The maximum Gasteiger partial charge on any atom is -0.00310 e. The summed E-state index contributed by atoms with van der Waals surface area (Å²) in [7, 11) is 0. The first-order valence-corrected chi connectivity index (χ1v) is 6.71. The van der Waals surface area contributed by atoms with Gasteiger partial charge in [-0.1, -0.05) is 44.5 Å². The van der Waals surface area contributed by atoms with Crippen LogP contribution in [0.25, 0.3) is 0 Å². The van der Waals surface area contributed by atoms with Crippen molar-refractivity contribution in [3.63, 3.8) is 0 Å². The number of aryl methyl sites for hydroxylation is 1. The molecule has 0 radical (unpaired) electrons. The van der Waals surface area contributed by atoms with Crippen molar-refractivity contribution in [2.75, 3.05) is 13.1 Å². The van der Waals surface area contributed by atoms with Crippen LogP contribution >= 0.6 is 0 Å². The van der Waals surface area contributed by atoms with Gasteiger partial charge < -0.3 is 11.5 Å². The first-order chi connectivity index (χ1) is 8.22. The van der Waals surface area contributed by atoms with Crippen molar-refractivity contribution in [1.82, 2.24) is 0 Å². The maximum atomic E-state index is 5.74. The highest BCUT2D eigenvalue weighted by atomic mass is 14.6. The van der Waals surface area contributed by atoms with Gasteiger partial charge in [0.25, 0.3) is 0 Å². The van der Waals surface area contributed by atoms with E-state index < -0.39 is 0 Å². The van der Waals surface area contributed by atoms with Gasteiger partial charge in [-0.05, 0) is 48.9 Å². The Labute approximate surface area is 105 Å². The minimum atomic E-state index is 0.386. The smallest absolute Gasteiger partial charge is 0.00310 e. The van der Waals surface area contributed by atoms with Crippen LogP contribution < -0.4 is 11.5 Å². The molecule has 1 unspecified atom stereocenters. The Balaban J connectivity index is 2.66. The van der Waals surface area contributed by atoms with E-state index in [1.54, 1.807) is 0 Å². The summed E-state index contributed by atoms with van der Waals surface area (Å²) in [6, 6.07) is 8.94. The van der Waals surface area contributed by atoms with Crippen molar-refractivity contribution in [3.05, 3.63) is 35.4 Å². The monoisotopic (exact) mass is 234 g/mol. The third-order valence-corrected chi connectivity index (χ3v) is 3.64. The summed E-state index contributed by atoms with van der Waals surface area (Å²) in [6.45, 7) is 5.76. The van der Waals surface area contributed by atoms with Gasteiger partial charge in [0.15, 0.2) is 0 Å². The molecule has 0 fully saturated rings. The fourth-order valence-electron chi connectivity index (χ4n) is 2.15. The molecular formula is C15H26N2. The summed E-state index contributed by atoms with van der Waals surface area (Å²) < 4.78 is 0. The lowest BCUT2D eigenvalue weighted by Gasteiger charge is -2.21. The van der Waals surface area contributed by atoms with E-state index in [0.29, 0.717) is 24.9 Å². The molecule has 2 nitrogen and oxygen atoms in total. The molecule has 1 rings (SSSR count). The summed E-state index contributed by atoms with van der Waals surface area (Å²) in [5.41, 5.74) is 14.3.